The van der Waals surface area contributed by atoms with Crippen molar-refractivity contribution in [3.63, 3.8) is 0 Å². The Labute approximate surface area is 151 Å². The molecule has 3 aromatic rings. The molecule has 0 spiro atoms. The van der Waals surface area contributed by atoms with Crippen molar-refractivity contribution in [2.45, 2.75) is 16.2 Å². The van der Waals surface area contributed by atoms with E-state index in [4.69, 9.17) is 10.7 Å². The first-order chi connectivity index (χ1) is 12.3. The number of nitrogens with two attached hydrogens (primary N) is 1. The molecule has 0 aliphatic carbocycles. The second-order valence-corrected chi connectivity index (χ2v) is 6.91. The van der Waals surface area contributed by atoms with Gasteiger partial charge in [0, 0.05) is 16.2 Å². The highest BCUT2D eigenvalue weighted by atomic mass is 32.2. The molecule has 1 aliphatic heterocycles. The van der Waals surface area contributed by atoms with Crippen LogP contribution in [0.1, 0.15) is 12.0 Å². The van der Waals surface area contributed by atoms with Gasteiger partial charge in [-0.15, -0.1) is 0 Å². The SMILES string of the molecule is NC1=Nc2ccccc2N=C(c2ccc(Sc3ccccc3)cc2)C1. The molecular weight excluding hydrogens is 326 g/mol. The maximum Gasteiger partial charge on any atom is 0.106 e. The molecule has 4 rings (SSSR count). The van der Waals surface area contributed by atoms with Crippen LogP contribution in [0.4, 0.5) is 11.4 Å². The van der Waals surface area contributed by atoms with Crippen molar-refractivity contribution in [3.8, 4) is 0 Å². The third kappa shape index (κ3) is 3.64. The smallest absolute Gasteiger partial charge is 0.106 e. The summed E-state index contributed by atoms with van der Waals surface area (Å²) in [6.07, 6.45) is 0.555. The zero-order chi connectivity index (χ0) is 17.1. The van der Waals surface area contributed by atoms with Gasteiger partial charge in [-0.3, -0.25) is 4.99 Å². The molecule has 3 nitrogen and oxygen atoms in total. The highest BCUT2D eigenvalue weighted by Crippen LogP contribution is 2.32. The Morgan fingerprint density at radius 2 is 1.28 bits per heavy atom. The van der Waals surface area contributed by atoms with Crippen LogP contribution in [-0.4, -0.2) is 11.5 Å². The number of hydrogen-bond acceptors (Lipinski definition) is 4. The Hall–Kier alpha value is -2.85. The maximum atomic E-state index is 6.07. The molecule has 0 unspecified atom stereocenters. The van der Waals surface area contributed by atoms with Crippen molar-refractivity contribution >= 4 is 34.7 Å². The lowest BCUT2D eigenvalue weighted by atomic mass is 10.1. The van der Waals surface area contributed by atoms with Crippen molar-refractivity contribution in [3.05, 3.63) is 84.4 Å². The summed E-state index contributed by atoms with van der Waals surface area (Å²) in [5.74, 6) is 0.589. The van der Waals surface area contributed by atoms with Crippen LogP contribution < -0.4 is 5.73 Å². The van der Waals surface area contributed by atoms with Gasteiger partial charge < -0.3 is 5.73 Å². The number of benzene rings is 3. The van der Waals surface area contributed by atoms with Gasteiger partial charge in [0.15, 0.2) is 0 Å². The second-order valence-electron chi connectivity index (χ2n) is 5.77. The molecule has 0 amide bonds. The number of hydrogen-bond donors (Lipinski definition) is 1. The van der Waals surface area contributed by atoms with E-state index in [-0.39, 0.29) is 0 Å². The van der Waals surface area contributed by atoms with Gasteiger partial charge in [-0.1, -0.05) is 54.2 Å². The van der Waals surface area contributed by atoms with E-state index in [0.717, 1.165) is 22.6 Å². The largest absolute Gasteiger partial charge is 0.387 e. The molecule has 3 aromatic carbocycles. The van der Waals surface area contributed by atoms with Crippen LogP contribution in [-0.2, 0) is 0 Å². The molecule has 1 heterocycles. The number of nitrogens with zero attached hydrogens (tertiary/aromatic N) is 2. The van der Waals surface area contributed by atoms with Crippen LogP contribution >= 0.6 is 11.8 Å². The lowest BCUT2D eigenvalue weighted by Gasteiger charge is -2.07. The van der Waals surface area contributed by atoms with Crippen LogP contribution in [0.2, 0.25) is 0 Å². The summed E-state index contributed by atoms with van der Waals surface area (Å²) in [7, 11) is 0. The minimum atomic E-state index is 0.555. The summed E-state index contributed by atoms with van der Waals surface area (Å²) in [5.41, 5.74) is 9.78. The fourth-order valence-corrected chi connectivity index (χ4v) is 3.55. The minimum Gasteiger partial charge on any atom is -0.387 e. The van der Waals surface area contributed by atoms with E-state index in [1.807, 2.05) is 30.3 Å². The minimum absolute atomic E-state index is 0.555. The van der Waals surface area contributed by atoms with E-state index < -0.39 is 0 Å². The Morgan fingerprint density at radius 1 is 0.680 bits per heavy atom. The molecule has 25 heavy (non-hydrogen) atoms. The van der Waals surface area contributed by atoms with Crippen molar-refractivity contribution in [2.24, 2.45) is 15.7 Å². The third-order valence-electron chi connectivity index (χ3n) is 3.92. The van der Waals surface area contributed by atoms with Gasteiger partial charge >= 0.3 is 0 Å². The van der Waals surface area contributed by atoms with Gasteiger partial charge in [0.1, 0.15) is 5.84 Å². The zero-order valence-electron chi connectivity index (χ0n) is 13.6. The molecule has 2 N–H and O–H groups in total. The highest BCUT2D eigenvalue weighted by molar-refractivity contribution is 7.99. The maximum absolute atomic E-state index is 6.07. The monoisotopic (exact) mass is 343 g/mol. The molecule has 0 saturated heterocycles. The normalized spacial score (nSPS) is 13.4. The lowest BCUT2D eigenvalue weighted by molar-refractivity contribution is 1.37. The summed E-state index contributed by atoms with van der Waals surface area (Å²) in [5, 5.41) is 0. The van der Waals surface area contributed by atoms with Gasteiger partial charge in [0.25, 0.3) is 0 Å². The molecule has 0 atom stereocenters. The predicted octanol–water partition coefficient (Wildman–Crippen LogP) is 5.35. The molecular formula is C21H17N3S. The van der Waals surface area contributed by atoms with Crippen LogP contribution in [0.3, 0.4) is 0 Å². The summed E-state index contributed by atoms with van der Waals surface area (Å²) >= 11 is 1.75. The highest BCUT2D eigenvalue weighted by Gasteiger charge is 2.13. The standard InChI is InChI=1S/C21H17N3S/c22-21-14-20(23-18-8-4-5-9-19(18)24-21)15-10-12-17(13-11-15)25-16-6-2-1-3-7-16/h1-13H,14H2,(H2,22,24). The first-order valence-corrected chi connectivity index (χ1v) is 8.92. The van der Waals surface area contributed by atoms with Crippen LogP contribution in [0.5, 0.6) is 0 Å². The van der Waals surface area contributed by atoms with Gasteiger partial charge in [0.2, 0.25) is 0 Å². The summed E-state index contributed by atoms with van der Waals surface area (Å²) in [6, 6.07) is 26.6. The van der Waals surface area contributed by atoms with E-state index in [1.54, 1.807) is 11.8 Å². The van der Waals surface area contributed by atoms with Crippen molar-refractivity contribution in [1.82, 2.24) is 0 Å². The Morgan fingerprint density at radius 3 is 2.00 bits per heavy atom. The number of para-hydroxylation sites is 2. The lowest BCUT2D eigenvalue weighted by Crippen LogP contribution is -2.16. The molecule has 122 valence electrons. The summed E-state index contributed by atoms with van der Waals surface area (Å²) in [4.78, 5) is 11.7. The Balaban J connectivity index is 1.62. The van der Waals surface area contributed by atoms with Crippen molar-refractivity contribution < 1.29 is 0 Å². The fraction of sp³-hybridized carbons (Fsp3) is 0.0476. The van der Waals surface area contributed by atoms with E-state index in [9.17, 15) is 0 Å². The topological polar surface area (TPSA) is 50.7 Å². The second kappa shape index (κ2) is 6.95. The third-order valence-corrected chi connectivity index (χ3v) is 4.93. The number of fused-ring (bicyclic) bond motifs is 1. The molecule has 0 bridgehead atoms. The van der Waals surface area contributed by atoms with Gasteiger partial charge in [0.05, 0.1) is 17.1 Å². The summed E-state index contributed by atoms with van der Waals surface area (Å²) in [6.45, 7) is 0. The van der Waals surface area contributed by atoms with Crippen LogP contribution in [0.15, 0.2) is 98.6 Å². The molecule has 1 aliphatic rings. The number of amidine groups is 1. The average Bonchev–Trinajstić information content (AvgIpc) is 2.81. The van der Waals surface area contributed by atoms with Gasteiger partial charge in [-0.25, -0.2) is 4.99 Å². The van der Waals surface area contributed by atoms with Gasteiger partial charge in [-0.05, 0) is 42.0 Å². The first-order valence-electron chi connectivity index (χ1n) is 8.11. The van der Waals surface area contributed by atoms with E-state index in [1.165, 1.54) is 9.79 Å². The van der Waals surface area contributed by atoms with Crippen LogP contribution in [0, 0.1) is 0 Å². The van der Waals surface area contributed by atoms with E-state index in [0.29, 0.717) is 12.3 Å². The van der Waals surface area contributed by atoms with E-state index >= 15 is 0 Å². The molecule has 4 heteroatoms. The Bertz CT molecular complexity index is 944. The molecule has 0 saturated carbocycles. The number of aliphatic imine (C=N–C) groups is 2. The molecule has 0 radical (unpaired) electrons. The van der Waals surface area contributed by atoms with Crippen molar-refractivity contribution in [2.75, 3.05) is 0 Å². The summed E-state index contributed by atoms with van der Waals surface area (Å²) < 4.78 is 0. The zero-order valence-corrected chi connectivity index (χ0v) is 14.4. The quantitative estimate of drug-likeness (QED) is 0.697. The van der Waals surface area contributed by atoms with Crippen molar-refractivity contribution in [1.29, 1.82) is 0 Å². The molecule has 0 fully saturated rings. The first kappa shape index (κ1) is 15.7. The fourth-order valence-electron chi connectivity index (χ4n) is 2.71. The van der Waals surface area contributed by atoms with E-state index in [2.05, 4.69) is 53.5 Å². The van der Waals surface area contributed by atoms with Gasteiger partial charge in [-0.2, -0.15) is 0 Å². The average molecular weight is 343 g/mol. The Kier molecular flexibility index (Phi) is 4.36. The molecule has 0 aromatic heterocycles. The van der Waals surface area contributed by atoms with Crippen LogP contribution in [0.25, 0.3) is 0 Å². The predicted molar refractivity (Wildman–Crippen MR) is 106 cm³/mol. The number of rotatable bonds is 3.